The number of carbonyl (C=O) groups is 1. The fraction of sp³-hybridized carbons (Fsp3) is 0.167. The Labute approximate surface area is 189 Å². The van der Waals surface area contributed by atoms with Crippen molar-refractivity contribution in [1.82, 2.24) is 0 Å². The molecule has 5 rings (SSSR count). The molecule has 1 aliphatic carbocycles. The minimum absolute atomic E-state index is 0.241. The van der Waals surface area contributed by atoms with Gasteiger partial charge in [-0.05, 0) is 63.9 Å². The Morgan fingerprint density at radius 2 is 1.47 bits per heavy atom. The molecule has 1 N–H and O–H groups in total. The van der Waals surface area contributed by atoms with Gasteiger partial charge in [0.25, 0.3) is 0 Å². The topological polar surface area (TPSA) is 37.3 Å². The van der Waals surface area contributed by atoms with Crippen LogP contribution in [0.2, 0.25) is 0 Å². The maximum Gasteiger partial charge on any atom is 0.335 e. The van der Waals surface area contributed by atoms with Crippen molar-refractivity contribution < 1.29 is 9.90 Å². The van der Waals surface area contributed by atoms with Gasteiger partial charge in [-0.2, -0.15) is 0 Å². The summed E-state index contributed by atoms with van der Waals surface area (Å²) >= 11 is 0. The van der Waals surface area contributed by atoms with Crippen molar-refractivity contribution in [3.05, 3.63) is 125 Å². The summed E-state index contributed by atoms with van der Waals surface area (Å²) in [6, 6.07) is 30.5. The summed E-state index contributed by atoms with van der Waals surface area (Å²) < 4.78 is 0. The van der Waals surface area contributed by atoms with E-state index in [-0.39, 0.29) is 5.41 Å². The van der Waals surface area contributed by atoms with Crippen molar-refractivity contribution in [2.45, 2.75) is 32.6 Å². The lowest BCUT2D eigenvalue weighted by molar-refractivity contribution is 0.0697. The second-order valence-corrected chi connectivity index (χ2v) is 8.98. The summed E-state index contributed by atoms with van der Waals surface area (Å²) in [5.74, 6) is -0.884. The molecule has 0 spiro atoms. The largest absolute Gasteiger partial charge is 0.478 e. The summed E-state index contributed by atoms with van der Waals surface area (Å²) in [6.07, 6.45) is 3.50. The summed E-state index contributed by atoms with van der Waals surface area (Å²) in [7, 11) is 0. The number of hydrogen-bond donors (Lipinski definition) is 1. The van der Waals surface area contributed by atoms with Gasteiger partial charge in [-0.15, -0.1) is 0 Å². The molecule has 4 aromatic rings. The second-order valence-electron chi connectivity index (χ2n) is 8.98. The van der Waals surface area contributed by atoms with Crippen molar-refractivity contribution in [3.8, 4) is 0 Å². The number of aromatic carboxylic acids is 1. The first-order chi connectivity index (χ1) is 15.3. The first-order valence-corrected chi connectivity index (χ1v) is 10.9. The van der Waals surface area contributed by atoms with Crippen LogP contribution in [0, 0.1) is 6.92 Å². The number of benzene rings is 4. The Hall–Kier alpha value is -3.65. The van der Waals surface area contributed by atoms with Gasteiger partial charge in [0.15, 0.2) is 0 Å². The van der Waals surface area contributed by atoms with Crippen LogP contribution < -0.4 is 0 Å². The summed E-state index contributed by atoms with van der Waals surface area (Å²) in [5.41, 5.74) is 7.46. The van der Waals surface area contributed by atoms with Gasteiger partial charge in [0.05, 0.1) is 5.56 Å². The quantitative estimate of drug-likeness (QED) is 0.362. The van der Waals surface area contributed by atoms with Crippen molar-refractivity contribution >= 4 is 22.3 Å². The predicted octanol–water partition coefficient (Wildman–Crippen LogP) is 7.65. The van der Waals surface area contributed by atoms with E-state index in [0.717, 1.165) is 17.2 Å². The average Bonchev–Trinajstić information content (AvgIpc) is 2.80. The number of carboxylic acid groups (broad SMARTS) is 1. The standard InChI is InChI=1S/C19H20.C11H8O2/c1-14-8-10-15(11-9-14)16-12-13-19(2,3)18-7-5-4-6-17(16)18;12-11(13)10-6-5-8-3-1-2-4-9(8)7-10/h4-12H,13H2,1-3H3;1-7H,(H,12,13). The van der Waals surface area contributed by atoms with Crippen LogP contribution in [0.25, 0.3) is 16.3 Å². The predicted molar refractivity (Wildman–Crippen MR) is 133 cm³/mol. The molecule has 0 aliphatic heterocycles. The zero-order valence-corrected chi connectivity index (χ0v) is 18.8. The first-order valence-electron chi connectivity index (χ1n) is 10.9. The smallest absolute Gasteiger partial charge is 0.335 e. The van der Waals surface area contributed by atoms with E-state index in [4.69, 9.17) is 5.11 Å². The molecule has 0 heterocycles. The SMILES string of the molecule is Cc1ccc(C2=CCC(C)(C)c3ccccc32)cc1.O=C(O)c1ccc2ccccc2c1. The number of carboxylic acids is 1. The van der Waals surface area contributed by atoms with Gasteiger partial charge in [-0.25, -0.2) is 4.79 Å². The van der Waals surface area contributed by atoms with E-state index in [1.54, 1.807) is 12.1 Å². The summed E-state index contributed by atoms with van der Waals surface area (Å²) in [6.45, 7) is 6.79. The third-order valence-electron chi connectivity index (χ3n) is 6.12. The molecule has 0 saturated heterocycles. The molecule has 0 atom stereocenters. The van der Waals surface area contributed by atoms with Crippen LogP contribution >= 0.6 is 0 Å². The Kier molecular flexibility index (Phi) is 5.96. The molecule has 160 valence electrons. The maximum absolute atomic E-state index is 10.6. The molecule has 0 radical (unpaired) electrons. The van der Waals surface area contributed by atoms with E-state index in [0.29, 0.717) is 5.56 Å². The number of hydrogen-bond acceptors (Lipinski definition) is 1. The molecular formula is C30H28O2. The van der Waals surface area contributed by atoms with Crippen molar-refractivity contribution in [3.63, 3.8) is 0 Å². The molecule has 0 fully saturated rings. The van der Waals surface area contributed by atoms with Gasteiger partial charge < -0.3 is 5.11 Å². The van der Waals surface area contributed by atoms with Crippen LogP contribution in [0.3, 0.4) is 0 Å². The molecular weight excluding hydrogens is 392 g/mol. The average molecular weight is 421 g/mol. The Balaban J connectivity index is 0.000000165. The first kappa shape index (κ1) is 21.6. The molecule has 0 saturated carbocycles. The van der Waals surface area contributed by atoms with Crippen molar-refractivity contribution in [2.24, 2.45) is 0 Å². The fourth-order valence-electron chi connectivity index (χ4n) is 4.21. The summed E-state index contributed by atoms with van der Waals surface area (Å²) in [5, 5.41) is 10.8. The van der Waals surface area contributed by atoms with Gasteiger partial charge in [-0.1, -0.05) is 104 Å². The molecule has 4 aromatic carbocycles. The third-order valence-corrected chi connectivity index (χ3v) is 6.12. The van der Waals surface area contributed by atoms with Gasteiger partial charge in [-0.3, -0.25) is 0 Å². The normalized spacial score (nSPS) is 14.0. The monoisotopic (exact) mass is 420 g/mol. The van der Waals surface area contributed by atoms with Gasteiger partial charge in [0, 0.05) is 0 Å². The number of rotatable bonds is 2. The Morgan fingerprint density at radius 1 is 0.812 bits per heavy atom. The van der Waals surface area contributed by atoms with Crippen LogP contribution in [-0.2, 0) is 5.41 Å². The lowest BCUT2D eigenvalue weighted by Gasteiger charge is -2.32. The van der Waals surface area contributed by atoms with Gasteiger partial charge in [0.2, 0.25) is 0 Å². The van der Waals surface area contributed by atoms with E-state index in [1.807, 2.05) is 30.3 Å². The van der Waals surface area contributed by atoms with Crippen molar-refractivity contribution in [1.29, 1.82) is 0 Å². The number of aryl methyl sites for hydroxylation is 1. The molecule has 2 nitrogen and oxygen atoms in total. The molecule has 0 unspecified atom stereocenters. The van der Waals surface area contributed by atoms with Crippen LogP contribution in [-0.4, -0.2) is 11.1 Å². The Morgan fingerprint density at radius 3 is 2.19 bits per heavy atom. The third kappa shape index (κ3) is 4.50. The molecule has 32 heavy (non-hydrogen) atoms. The highest BCUT2D eigenvalue weighted by molar-refractivity contribution is 5.94. The van der Waals surface area contributed by atoms with Gasteiger partial charge >= 0.3 is 5.97 Å². The highest BCUT2D eigenvalue weighted by Crippen LogP contribution is 2.41. The maximum atomic E-state index is 10.6. The van der Waals surface area contributed by atoms with E-state index in [1.165, 1.54) is 27.8 Å². The van der Waals surface area contributed by atoms with Crippen LogP contribution in [0.5, 0.6) is 0 Å². The van der Waals surface area contributed by atoms with Crippen molar-refractivity contribution in [2.75, 3.05) is 0 Å². The molecule has 2 heteroatoms. The molecule has 1 aliphatic rings. The van der Waals surface area contributed by atoms with E-state index in [9.17, 15) is 4.79 Å². The lowest BCUT2D eigenvalue weighted by Crippen LogP contribution is -2.21. The van der Waals surface area contributed by atoms with Crippen LogP contribution in [0.15, 0.2) is 97.1 Å². The van der Waals surface area contributed by atoms with E-state index < -0.39 is 5.97 Å². The fourth-order valence-corrected chi connectivity index (χ4v) is 4.21. The van der Waals surface area contributed by atoms with E-state index in [2.05, 4.69) is 75.4 Å². The zero-order chi connectivity index (χ0) is 22.7. The highest BCUT2D eigenvalue weighted by atomic mass is 16.4. The molecule has 0 aromatic heterocycles. The minimum atomic E-state index is -0.884. The van der Waals surface area contributed by atoms with E-state index >= 15 is 0 Å². The molecule has 0 bridgehead atoms. The lowest BCUT2D eigenvalue weighted by atomic mass is 9.72. The van der Waals surface area contributed by atoms with Gasteiger partial charge in [0.1, 0.15) is 0 Å². The molecule has 0 amide bonds. The summed E-state index contributed by atoms with van der Waals surface area (Å²) in [4.78, 5) is 10.6. The second kappa shape index (κ2) is 8.84. The van der Waals surface area contributed by atoms with Crippen LogP contribution in [0.1, 0.15) is 52.9 Å². The minimum Gasteiger partial charge on any atom is -0.478 e. The van der Waals surface area contributed by atoms with Crippen LogP contribution in [0.4, 0.5) is 0 Å². The highest BCUT2D eigenvalue weighted by Gasteiger charge is 2.27. The zero-order valence-electron chi connectivity index (χ0n) is 18.8. The number of fused-ring (bicyclic) bond motifs is 2. The Bertz CT molecular complexity index is 1290. The number of allylic oxidation sites excluding steroid dienone is 1.